The molecule has 1 saturated carbocycles. The molecule has 4 N–H and O–H groups in total. The first-order valence-corrected chi connectivity index (χ1v) is 14.3. The van der Waals surface area contributed by atoms with E-state index in [2.05, 4.69) is 10.1 Å². The number of aromatic nitrogens is 2. The summed E-state index contributed by atoms with van der Waals surface area (Å²) in [4.78, 5) is 26.6. The third kappa shape index (κ3) is 6.60. The highest BCUT2D eigenvalue weighted by Gasteiger charge is 2.54. The predicted molar refractivity (Wildman–Crippen MR) is 138 cm³/mol. The molecule has 0 radical (unpaired) electrons. The van der Waals surface area contributed by atoms with Gasteiger partial charge in [0.1, 0.15) is 35.7 Å². The Kier molecular flexibility index (Phi) is 8.88. The molecule has 12 nitrogen and oxygen atoms in total. The van der Waals surface area contributed by atoms with Crippen LogP contribution in [0.1, 0.15) is 45.8 Å². The number of ether oxygens (including phenoxy) is 2. The van der Waals surface area contributed by atoms with Gasteiger partial charge < -0.3 is 24.2 Å². The van der Waals surface area contributed by atoms with Crippen LogP contribution in [-0.2, 0) is 23.4 Å². The van der Waals surface area contributed by atoms with Crippen molar-refractivity contribution in [1.29, 1.82) is 0 Å². The highest BCUT2D eigenvalue weighted by molar-refractivity contribution is 7.71. The topological polar surface area (TPSA) is 161 Å². The Labute approximate surface area is 224 Å². The zero-order chi connectivity index (χ0) is 27.5. The van der Waals surface area contributed by atoms with Crippen molar-refractivity contribution in [1.82, 2.24) is 14.6 Å². The van der Waals surface area contributed by atoms with Crippen molar-refractivity contribution in [3.63, 3.8) is 0 Å². The fourth-order valence-corrected chi connectivity index (χ4v) is 6.19. The minimum absolute atomic E-state index is 0.0223. The number of aliphatic hydroxyl groups is 2. The number of nitrogens with one attached hydrogen (secondary N) is 2. The molecular weight excluding hydrogens is 537 g/mol. The number of hydrogen-bond donors (Lipinski definition) is 4. The lowest BCUT2D eigenvalue weighted by Crippen LogP contribution is -2.45. The first kappa shape index (κ1) is 28.6. The lowest BCUT2D eigenvalue weighted by molar-refractivity contribution is -0.150. The fourth-order valence-electron chi connectivity index (χ4n) is 4.43. The number of esters is 1. The number of aliphatic hydroxyl groups excluding tert-OH is 1. The van der Waals surface area contributed by atoms with E-state index in [1.165, 1.54) is 30.7 Å². The Morgan fingerprint density at radius 2 is 2.00 bits per heavy atom. The van der Waals surface area contributed by atoms with E-state index >= 15 is 0 Å². The third-order valence-electron chi connectivity index (χ3n) is 6.53. The number of H-pyrrole nitrogens is 1. The summed E-state index contributed by atoms with van der Waals surface area (Å²) in [6, 6.07) is 8.41. The highest BCUT2D eigenvalue weighted by Crippen LogP contribution is 2.47. The largest absolute Gasteiger partial charge is 0.461 e. The molecule has 2 aromatic rings. The van der Waals surface area contributed by atoms with E-state index < -0.39 is 56.0 Å². The monoisotopic (exact) mass is 569 g/mol. The molecule has 1 aliphatic heterocycles. The number of benzene rings is 1. The zero-order valence-corrected chi connectivity index (χ0v) is 22.7. The van der Waals surface area contributed by atoms with Gasteiger partial charge in [-0.25, -0.2) is 4.57 Å². The smallest absolute Gasteiger partial charge is 0.459 e. The van der Waals surface area contributed by atoms with Crippen LogP contribution in [0.25, 0.3) is 0 Å². The van der Waals surface area contributed by atoms with Gasteiger partial charge in [0.2, 0.25) is 0 Å². The molecule has 38 heavy (non-hydrogen) atoms. The van der Waals surface area contributed by atoms with Gasteiger partial charge in [-0.05, 0) is 63.9 Å². The van der Waals surface area contributed by atoms with E-state index in [0.717, 1.165) is 25.7 Å². The number of hydrogen-bond acceptors (Lipinski definition) is 10. The maximum atomic E-state index is 13.8. The van der Waals surface area contributed by atoms with Gasteiger partial charge in [-0.1, -0.05) is 18.2 Å². The van der Waals surface area contributed by atoms with E-state index in [4.69, 9.17) is 30.7 Å². The second kappa shape index (κ2) is 11.8. The van der Waals surface area contributed by atoms with E-state index in [9.17, 15) is 24.4 Å². The van der Waals surface area contributed by atoms with E-state index in [1.54, 1.807) is 30.3 Å². The van der Waals surface area contributed by atoms with Crippen molar-refractivity contribution in [2.75, 3.05) is 6.61 Å². The van der Waals surface area contributed by atoms with Crippen molar-refractivity contribution in [3.8, 4) is 5.75 Å². The summed E-state index contributed by atoms with van der Waals surface area (Å²) in [5.74, 6) is -0.373. The SMILES string of the molecule is C[C@H](NP(=O)(OC[C@H]1O[C@@H](n2ccc(=O)[nH]c2=S)C(C)(O)[C@H]1O)Oc1ccccc1)C(=O)OC1CCCC1. The minimum Gasteiger partial charge on any atom is -0.461 e. The fraction of sp³-hybridized carbons (Fsp3) is 0.542. The van der Waals surface area contributed by atoms with Crippen molar-refractivity contribution in [2.45, 2.75) is 75.7 Å². The molecule has 0 amide bonds. The molecule has 4 rings (SSSR count). The van der Waals surface area contributed by atoms with Crippen LogP contribution in [0.4, 0.5) is 0 Å². The van der Waals surface area contributed by atoms with Crippen molar-refractivity contribution in [3.05, 3.63) is 57.7 Å². The van der Waals surface area contributed by atoms with Crippen LogP contribution in [0.3, 0.4) is 0 Å². The average Bonchev–Trinajstić information content (AvgIpc) is 3.45. The Bertz CT molecular complexity index is 1280. The summed E-state index contributed by atoms with van der Waals surface area (Å²) in [6.45, 7) is 2.35. The number of rotatable bonds is 10. The number of carbonyl (C=O) groups excluding carboxylic acids is 1. The lowest BCUT2D eigenvalue weighted by atomic mass is 9.96. The summed E-state index contributed by atoms with van der Waals surface area (Å²) in [5, 5.41) is 24.4. The highest BCUT2D eigenvalue weighted by atomic mass is 32.1. The van der Waals surface area contributed by atoms with Crippen LogP contribution in [0.5, 0.6) is 5.75 Å². The molecule has 0 bridgehead atoms. The van der Waals surface area contributed by atoms with E-state index in [0.29, 0.717) is 0 Å². The van der Waals surface area contributed by atoms with Gasteiger partial charge in [0.15, 0.2) is 11.0 Å². The van der Waals surface area contributed by atoms with Crippen LogP contribution >= 0.6 is 20.0 Å². The van der Waals surface area contributed by atoms with Crippen molar-refractivity contribution >= 4 is 25.9 Å². The molecule has 208 valence electrons. The number of para-hydroxylation sites is 1. The summed E-state index contributed by atoms with van der Waals surface area (Å²) in [7, 11) is -4.22. The molecule has 2 heterocycles. The molecule has 6 atom stereocenters. The summed E-state index contributed by atoms with van der Waals surface area (Å²) < 4.78 is 37.7. The maximum absolute atomic E-state index is 13.8. The molecule has 0 spiro atoms. The molecule has 14 heteroatoms. The van der Waals surface area contributed by atoms with Gasteiger partial charge in [0.25, 0.3) is 5.56 Å². The molecule has 2 aliphatic rings. The van der Waals surface area contributed by atoms with Crippen LogP contribution in [0.15, 0.2) is 47.4 Å². The minimum atomic E-state index is -4.22. The van der Waals surface area contributed by atoms with Gasteiger partial charge in [0, 0.05) is 12.3 Å². The Morgan fingerprint density at radius 3 is 2.66 bits per heavy atom. The molecular formula is C24H32N3O9PS. The van der Waals surface area contributed by atoms with Crippen LogP contribution < -0.4 is 15.2 Å². The molecule has 1 aliphatic carbocycles. The lowest BCUT2D eigenvalue weighted by Gasteiger charge is -2.28. The van der Waals surface area contributed by atoms with Gasteiger partial charge in [-0.3, -0.25) is 23.7 Å². The molecule has 1 aromatic heterocycles. The Morgan fingerprint density at radius 1 is 1.32 bits per heavy atom. The maximum Gasteiger partial charge on any atom is 0.459 e. The normalized spacial score (nSPS) is 28.1. The standard InChI is InChI=1S/C24H32N3O9PS/c1-15(21(30)34-16-8-6-7-9-16)26-37(32,36-17-10-4-3-5-11-17)33-14-18-20(29)24(2,31)22(35-18)27-13-12-19(28)25-23(27)38/h3-5,10-13,15-16,18,20,22,29,31H,6-9,14H2,1-2H3,(H,26,32)(H,25,28,38)/t15-,18+,20-,22+,24?,37?/m0/s1. The van der Waals surface area contributed by atoms with E-state index in [-0.39, 0.29) is 16.6 Å². The summed E-state index contributed by atoms with van der Waals surface area (Å²) in [6.07, 6.45) is 0.846. The summed E-state index contributed by atoms with van der Waals surface area (Å²) in [5.41, 5.74) is -2.28. The van der Waals surface area contributed by atoms with Gasteiger partial charge in [-0.2, -0.15) is 5.09 Å². The Hall–Kier alpha value is -2.38. The number of nitrogens with zero attached hydrogens (tertiary/aromatic N) is 1. The van der Waals surface area contributed by atoms with Crippen LogP contribution in [0, 0.1) is 4.77 Å². The van der Waals surface area contributed by atoms with Gasteiger partial charge in [-0.15, -0.1) is 0 Å². The second-order valence-corrected chi connectivity index (χ2v) is 11.7. The molecule has 1 aromatic carbocycles. The van der Waals surface area contributed by atoms with Gasteiger partial charge >= 0.3 is 13.7 Å². The molecule has 2 unspecified atom stereocenters. The van der Waals surface area contributed by atoms with Crippen molar-refractivity contribution < 1.29 is 38.1 Å². The first-order valence-electron chi connectivity index (χ1n) is 12.3. The second-order valence-electron chi connectivity index (χ2n) is 9.61. The number of aromatic amines is 1. The number of carbonyl (C=O) groups is 1. The molecule has 2 fully saturated rings. The zero-order valence-electron chi connectivity index (χ0n) is 21.0. The van der Waals surface area contributed by atoms with E-state index in [1.807, 2.05) is 0 Å². The quantitative estimate of drug-likeness (QED) is 0.189. The predicted octanol–water partition coefficient (Wildman–Crippen LogP) is 2.58. The summed E-state index contributed by atoms with van der Waals surface area (Å²) >= 11 is 5.16. The third-order valence-corrected chi connectivity index (χ3v) is 8.48. The average molecular weight is 570 g/mol. The molecule has 1 saturated heterocycles. The first-order chi connectivity index (χ1) is 18.0. The van der Waals surface area contributed by atoms with Gasteiger partial charge in [0.05, 0.1) is 6.61 Å². The van der Waals surface area contributed by atoms with Crippen molar-refractivity contribution in [2.24, 2.45) is 0 Å². The Balaban J connectivity index is 1.49. The van der Waals surface area contributed by atoms with Crippen LogP contribution in [-0.4, -0.2) is 62.3 Å². The van der Waals surface area contributed by atoms with Crippen LogP contribution in [0.2, 0.25) is 0 Å².